The molecule has 0 amide bonds. The van der Waals surface area contributed by atoms with Crippen molar-refractivity contribution in [2.75, 3.05) is 0 Å². The summed E-state index contributed by atoms with van der Waals surface area (Å²) >= 11 is 0. The summed E-state index contributed by atoms with van der Waals surface area (Å²) in [5, 5.41) is 11.8. The smallest absolute Gasteiger partial charge is 0.281 e. The van der Waals surface area contributed by atoms with Gasteiger partial charge in [0.15, 0.2) is 0 Å². The van der Waals surface area contributed by atoms with Crippen molar-refractivity contribution in [2.45, 2.75) is 25.8 Å². The molecular weight excluding hydrogens is 230 g/mol. The van der Waals surface area contributed by atoms with Gasteiger partial charge >= 0.3 is 0 Å². The van der Waals surface area contributed by atoms with E-state index in [4.69, 9.17) is 5.73 Å². The van der Waals surface area contributed by atoms with Gasteiger partial charge in [0.25, 0.3) is 5.69 Å². The molecule has 18 heavy (non-hydrogen) atoms. The standard InChI is InChI=1S/C13H15N3O2/c1-2-10(14)8-9-5-6-12-11(4-3-7-15-12)13(9)16(17)18/h3-7,10H,2,8,14H2,1H3. The molecule has 1 aromatic heterocycles. The molecule has 1 atom stereocenters. The summed E-state index contributed by atoms with van der Waals surface area (Å²) < 4.78 is 0. The van der Waals surface area contributed by atoms with Crippen molar-refractivity contribution in [3.63, 3.8) is 0 Å². The summed E-state index contributed by atoms with van der Waals surface area (Å²) in [5.74, 6) is 0. The highest BCUT2D eigenvalue weighted by Gasteiger charge is 2.19. The molecular formula is C13H15N3O2. The van der Waals surface area contributed by atoms with Crippen LogP contribution < -0.4 is 5.73 Å². The maximum Gasteiger partial charge on any atom is 0.281 e. The van der Waals surface area contributed by atoms with Crippen LogP contribution in [0.4, 0.5) is 5.69 Å². The molecule has 2 aromatic rings. The average molecular weight is 245 g/mol. The lowest BCUT2D eigenvalue weighted by atomic mass is 10.0. The monoisotopic (exact) mass is 245 g/mol. The fourth-order valence-electron chi connectivity index (χ4n) is 1.99. The van der Waals surface area contributed by atoms with Crippen molar-refractivity contribution < 1.29 is 4.92 Å². The van der Waals surface area contributed by atoms with Crippen LogP contribution in [0, 0.1) is 10.1 Å². The maximum atomic E-state index is 11.2. The summed E-state index contributed by atoms with van der Waals surface area (Å²) in [6.07, 6.45) is 2.93. The molecule has 0 saturated carbocycles. The van der Waals surface area contributed by atoms with E-state index >= 15 is 0 Å². The Labute approximate surface area is 105 Å². The summed E-state index contributed by atoms with van der Waals surface area (Å²) in [7, 11) is 0. The minimum atomic E-state index is -0.346. The lowest BCUT2D eigenvalue weighted by molar-refractivity contribution is -0.383. The minimum absolute atomic E-state index is 0.0576. The van der Waals surface area contributed by atoms with E-state index in [-0.39, 0.29) is 16.7 Å². The van der Waals surface area contributed by atoms with Gasteiger partial charge in [0.1, 0.15) is 0 Å². The Morgan fingerprint density at radius 3 is 2.89 bits per heavy atom. The van der Waals surface area contributed by atoms with Gasteiger partial charge in [0, 0.05) is 17.8 Å². The molecule has 0 spiro atoms. The number of aromatic nitrogens is 1. The number of nitrogens with zero attached hydrogens (tertiary/aromatic N) is 2. The van der Waals surface area contributed by atoms with Gasteiger partial charge < -0.3 is 5.73 Å². The Kier molecular flexibility index (Phi) is 3.53. The van der Waals surface area contributed by atoms with Gasteiger partial charge in [-0.05, 0) is 37.1 Å². The second-order valence-electron chi connectivity index (χ2n) is 4.27. The Morgan fingerprint density at radius 1 is 1.44 bits per heavy atom. The third-order valence-electron chi connectivity index (χ3n) is 3.03. The zero-order chi connectivity index (χ0) is 13.1. The van der Waals surface area contributed by atoms with Crippen molar-refractivity contribution in [2.24, 2.45) is 5.73 Å². The predicted octanol–water partition coefficient (Wildman–Crippen LogP) is 2.42. The molecule has 2 N–H and O–H groups in total. The molecule has 1 aromatic carbocycles. The van der Waals surface area contributed by atoms with Gasteiger partial charge in [-0.2, -0.15) is 0 Å². The largest absolute Gasteiger partial charge is 0.327 e. The van der Waals surface area contributed by atoms with E-state index in [1.165, 1.54) is 0 Å². The molecule has 0 aliphatic heterocycles. The Morgan fingerprint density at radius 2 is 2.22 bits per heavy atom. The number of hydrogen-bond donors (Lipinski definition) is 1. The fourth-order valence-corrected chi connectivity index (χ4v) is 1.99. The lowest BCUT2D eigenvalue weighted by Crippen LogP contribution is -2.21. The first kappa shape index (κ1) is 12.4. The Balaban J connectivity index is 2.59. The average Bonchev–Trinajstić information content (AvgIpc) is 2.37. The predicted molar refractivity (Wildman–Crippen MR) is 70.4 cm³/mol. The number of rotatable bonds is 4. The van der Waals surface area contributed by atoms with Crippen LogP contribution in [0.2, 0.25) is 0 Å². The number of fused-ring (bicyclic) bond motifs is 1. The van der Waals surface area contributed by atoms with E-state index < -0.39 is 0 Å². The highest BCUT2D eigenvalue weighted by atomic mass is 16.6. The third kappa shape index (κ3) is 2.31. The Hall–Kier alpha value is -2.01. The third-order valence-corrected chi connectivity index (χ3v) is 3.03. The number of hydrogen-bond acceptors (Lipinski definition) is 4. The molecule has 1 unspecified atom stereocenters. The molecule has 0 fully saturated rings. The highest BCUT2D eigenvalue weighted by Crippen LogP contribution is 2.29. The van der Waals surface area contributed by atoms with Crippen LogP contribution in [0.1, 0.15) is 18.9 Å². The molecule has 0 aliphatic rings. The normalized spacial score (nSPS) is 12.6. The molecule has 2 rings (SSSR count). The van der Waals surface area contributed by atoms with Crippen LogP contribution >= 0.6 is 0 Å². The van der Waals surface area contributed by atoms with Crippen LogP contribution in [-0.2, 0) is 6.42 Å². The number of pyridine rings is 1. The molecule has 0 radical (unpaired) electrons. The maximum absolute atomic E-state index is 11.2. The molecule has 1 heterocycles. The van der Waals surface area contributed by atoms with E-state index in [1.54, 1.807) is 30.5 Å². The first-order chi connectivity index (χ1) is 8.63. The van der Waals surface area contributed by atoms with Crippen LogP contribution in [-0.4, -0.2) is 15.9 Å². The molecule has 0 aliphatic carbocycles. The SMILES string of the molecule is CCC(N)Cc1ccc2ncccc2c1[N+](=O)[O-]. The highest BCUT2D eigenvalue weighted by molar-refractivity contribution is 5.89. The van der Waals surface area contributed by atoms with E-state index in [0.717, 1.165) is 6.42 Å². The quantitative estimate of drug-likeness (QED) is 0.662. The molecule has 94 valence electrons. The van der Waals surface area contributed by atoms with Crippen LogP contribution in [0.15, 0.2) is 30.5 Å². The first-order valence-electron chi connectivity index (χ1n) is 5.90. The van der Waals surface area contributed by atoms with Crippen LogP contribution in [0.3, 0.4) is 0 Å². The Bertz CT molecular complexity index is 583. The summed E-state index contributed by atoms with van der Waals surface area (Å²) in [6, 6.07) is 6.93. The van der Waals surface area contributed by atoms with Crippen molar-refractivity contribution in [3.8, 4) is 0 Å². The van der Waals surface area contributed by atoms with Gasteiger partial charge in [0.2, 0.25) is 0 Å². The van der Waals surface area contributed by atoms with Crippen molar-refractivity contribution in [1.82, 2.24) is 4.98 Å². The van der Waals surface area contributed by atoms with Crippen molar-refractivity contribution in [1.29, 1.82) is 0 Å². The van der Waals surface area contributed by atoms with Gasteiger partial charge in [0.05, 0.1) is 15.8 Å². The van der Waals surface area contributed by atoms with E-state index in [0.29, 0.717) is 22.9 Å². The van der Waals surface area contributed by atoms with Gasteiger partial charge in [-0.25, -0.2) is 0 Å². The molecule has 5 heteroatoms. The van der Waals surface area contributed by atoms with Gasteiger partial charge in [-0.15, -0.1) is 0 Å². The molecule has 5 nitrogen and oxygen atoms in total. The van der Waals surface area contributed by atoms with Crippen molar-refractivity contribution >= 4 is 16.6 Å². The number of nitro benzene ring substituents is 1. The zero-order valence-electron chi connectivity index (χ0n) is 10.2. The first-order valence-corrected chi connectivity index (χ1v) is 5.90. The fraction of sp³-hybridized carbons (Fsp3) is 0.308. The van der Waals surface area contributed by atoms with Crippen molar-refractivity contribution in [3.05, 3.63) is 46.1 Å². The summed E-state index contributed by atoms with van der Waals surface area (Å²) in [4.78, 5) is 15.0. The van der Waals surface area contributed by atoms with E-state index in [2.05, 4.69) is 4.98 Å². The van der Waals surface area contributed by atoms with E-state index in [1.807, 2.05) is 6.92 Å². The van der Waals surface area contributed by atoms with Gasteiger partial charge in [-0.3, -0.25) is 15.1 Å². The van der Waals surface area contributed by atoms with Crippen LogP contribution in [0.5, 0.6) is 0 Å². The lowest BCUT2D eigenvalue weighted by Gasteiger charge is -2.10. The summed E-state index contributed by atoms with van der Waals surface area (Å²) in [6.45, 7) is 1.97. The van der Waals surface area contributed by atoms with Gasteiger partial charge in [-0.1, -0.05) is 6.92 Å². The zero-order valence-corrected chi connectivity index (χ0v) is 10.2. The number of nitrogens with two attached hydrogens (primary N) is 1. The number of nitro groups is 1. The topological polar surface area (TPSA) is 82.0 Å². The van der Waals surface area contributed by atoms with E-state index in [9.17, 15) is 10.1 Å². The minimum Gasteiger partial charge on any atom is -0.327 e. The second-order valence-corrected chi connectivity index (χ2v) is 4.27. The van der Waals surface area contributed by atoms with Crippen LogP contribution in [0.25, 0.3) is 10.9 Å². The summed E-state index contributed by atoms with van der Waals surface area (Å²) in [5.41, 5.74) is 7.32. The molecule has 0 bridgehead atoms. The second kappa shape index (κ2) is 5.10. The molecule has 0 saturated heterocycles. The number of benzene rings is 1.